The molecule has 0 bridgehead atoms. The van der Waals surface area contributed by atoms with Crippen LogP contribution in [0, 0.1) is 0 Å². The average molecular weight is 461 g/mol. The van der Waals surface area contributed by atoms with Gasteiger partial charge in [-0.1, -0.05) is 57.2 Å². The van der Waals surface area contributed by atoms with E-state index in [9.17, 15) is 4.79 Å². The second kappa shape index (κ2) is 8.34. The molecular formula is C27H32N4OS. The molecule has 1 aliphatic rings. The van der Waals surface area contributed by atoms with Crippen LogP contribution in [0.1, 0.15) is 49.6 Å². The maximum atomic E-state index is 13.5. The number of hydrogen-bond donors (Lipinski definition) is 2. The summed E-state index contributed by atoms with van der Waals surface area (Å²) in [5, 5.41) is 3.19. The molecule has 0 unspecified atom stereocenters. The molecule has 0 fully saturated rings. The van der Waals surface area contributed by atoms with Crippen LogP contribution in [-0.4, -0.2) is 30.9 Å². The Labute approximate surface area is 200 Å². The Hall–Kier alpha value is -3.12. The summed E-state index contributed by atoms with van der Waals surface area (Å²) < 4.78 is 0. The minimum atomic E-state index is -0.791. The maximum Gasteiger partial charge on any atom is 0.239 e. The molecule has 4 rings (SSSR count). The van der Waals surface area contributed by atoms with Gasteiger partial charge in [0.15, 0.2) is 5.96 Å². The number of rotatable bonds is 4. The van der Waals surface area contributed by atoms with Crippen molar-refractivity contribution in [2.75, 3.05) is 19.4 Å². The zero-order chi connectivity index (χ0) is 24.0. The normalized spacial score (nSPS) is 21.2. The number of carbonyl (C=O) groups is 1. The molecule has 0 aliphatic carbocycles. The van der Waals surface area contributed by atoms with Crippen LogP contribution in [0.25, 0.3) is 10.4 Å². The minimum absolute atomic E-state index is 0.0411. The molecule has 172 valence electrons. The van der Waals surface area contributed by atoms with Gasteiger partial charge in [-0.2, -0.15) is 0 Å². The van der Waals surface area contributed by atoms with Crippen molar-refractivity contribution in [2.24, 2.45) is 10.7 Å². The molecule has 0 spiro atoms. The molecule has 0 radical (unpaired) electrons. The van der Waals surface area contributed by atoms with E-state index in [-0.39, 0.29) is 17.3 Å². The lowest BCUT2D eigenvalue weighted by Crippen LogP contribution is -2.52. The Morgan fingerprint density at radius 3 is 2.42 bits per heavy atom. The largest absolute Gasteiger partial charge is 0.388 e. The zero-order valence-electron chi connectivity index (χ0n) is 20.1. The predicted octanol–water partition coefficient (Wildman–Crippen LogP) is 5.54. The first kappa shape index (κ1) is 23.1. The quantitative estimate of drug-likeness (QED) is 0.537. The molecule has 3 aromatic rings. The lowest BCUT2D eigenvalue weighted by atomic mass is 9.76. The first-order chi connectivity index (χ1) is 15.5. The summed E-state index contributed by atoms with van der Waals surface area (Å²) >= 11 is 1.66. The van der Waals surface area contributed by atoms with E-state index in [0.29, 0.717) is 0 Å². The van der Waals surface area contributed by atoms with Crippen molar-refractivity contribution in [1.29, 1.82) is 0 Å². The van der Waals surface area contributed by atoms with Crippen LogP contribution in [0.2, 0.25) is 0 Å². The highest BCUT2D eigenvalue weighted by Gasteiger charge is 2.48. The SMILES string of the molecule is CNc1cccc(-c2ccc([C@@]3(C)N=C(N)N(C)C(=O)[C@@H]3c3ccc(C(C)(C)C)cc3)s2)c1. The topological polar surface area (TPSA) is 70.7 Å². The number of aliphatic imine (C=N–C) groups is 1. The van der Waals surface area contributed by atoms with Crippen molar-refractivity contribution >= 4 is 28.9 Å². The molecule has 2 heterocycles. The van der Waals surface area contributed by atoms with Crippen LogP contribution in [0.5, 0.6) is 0 Å². The van der Waals surface area contributed by atoms with Crippen LogP contribution in [0.3, 0.4) is 0 Å². The lowest BCUT2D eigenvalue weighted by molar-refractivity contribution is -0.130. The highest BCUT2D eigenvalue weighted by Crippen LogP contribution is 2.47. The van der Waals surface area contributed by atoms with Gasteiger partial charge in [0, 0.05) is 29.5 Å². The third kappa shape index (κ3) is 4.15. The first-order valence-electron chi connectivity index (χ1n) is 11.2. The Balaban J connectivity index is 1.80. The minimum Gasteiger partial charge on any atom is -0.388 e. The van der Waals surface area contributed by atoms with Crippen LogP contribution >= 0.6 is 11.3 Å². The number of nitrogens with two attached hydrogens (primary N) is 1. The van der Waals surface area contributed by atoms with Crippen LogP contribution < -0.4 is 11.1 Å². The van der Waals surface area contributed by atoms with E-state index in [1.165, 1.54) is 10.5 Å². The Morgan fingerprint density at radius 2 is 1.79 bits per heavy atom. The highest BCUT2D eigenvalue weighted by molar-refractivity contribution is 7.15. The number of amides is 1. The fourth-order valence-electron chi connectivity index (χ4n) is 4.36. The van der Waals surface area contributed by atoms with Crippen molar-refractivity contribution < 1.29 is 4.79 Å². The highest BCUT2D eigenvalue weighted by atomic mass is 32.1. The zero-order valence-corrected chi connectivity index (χ0v) is 21.0. The lowest BCUT2D eigenvalue weighted by Gasteiger charge is -2.40. The molecule has 5 nitrogen and oxygen atoms in total. The second-order valence-corrected chi connectivity index (χ2v) is 10.9. The van der Waals surface area contributed by atoms with Gasteiger partial charge in [-0.3, -0.25) is 9.69 Å². The number of guanidine groups is 1. The molecular weight excluding hydrogens is 428 g/mol. The van der Waals surface area contributed by atoms with Crippen LogP contribution in [0.15, 0.2) is 65.7 Å². The number of thiophene rings is 1. The number of nitrogens with zero attached hydrogens (tertiary/aromatic N) is 2. The molecule has 0 saturated heterocycles. The van der Waals surface area contributed by atoms with Gasteiger partial charge in [-0.05, 0) is 53.3 Å². The van der Waals surface area contributed by atoms with E-state index >= 15 is 0 Å². The van der Waals surface area contributed by atoms with Crippen molar-refractivity contribution in [3.05, 3.63) is 76.7 Å². The Bertz CT molecular complexity index is 1210. The average Bonchev–Trinajstić information content (AvgIpc) is 3.29. The molecule has 6 heteroatoms. The van der Waals surface area contributed by atoms with Crippen molar-refractivity contribution in [2.45, 2.75) is 44.6 Å². The molecule has 33 heavy (non-hydrogen) atoms. The molecule has 3 N–H and O–H groups in total. The van der Waals surface area contributed by atoms with Gasteiger partial charge in [-0.25, -0.2) is 4.99 Å². The molecule has 0 saturated carbocycles. The maximum absolute atomic E-state index is 13.5. The van der Waals surface area contributed by atoms with E-state index in [4.69, 9.17) is 10.7 Å². The summed E-state index contributed by atoms with van der Waals surface area (Å²) in [6.45, 7) is 8.58. The third-order valence-electron chi connectivity index (χ3n) is 6.48. The van der Waals surface area contributed by atoms with Gasteiger partial charge in [0.25, 0.3) is 0 Å². The van der Waals surface area contributed by atoms with Crippen LogP contribution in [-0.2, 0) is 15.7 Å². The summed E-state index contributed by atoms with van der Waals surface area (Å²) in [6.07, 6.45) is 0. The van der Waals surface area contributed by atoms with Gasteiger partial charge in [0.1, 0.15) is 5.54 Å². The molecule has 1 aromatic heterocycles. The first-order valence-corrected chi connectivity index (χ1v) is 12.0. The number of carbonyl (C=O) groups excluding carboxylic acids is 1. The van der Waals surface area contributed by atoms with Gasteiger partial charge < -0.3 is 11.1 Å². The number of anilines is 1. The number of nitrogens with one attached hydrogen (secondary N) is 1. The summed E-state index contributed by atoms with van der Waals surface area (Å²) in [6, 6.07) is 20.9. The number of benzene rings is 2. The van der Waals surface area contributed by atoms with E-state index in [2.05, 4.69) is 74.6 Å². The summed E-state index contributed by atoms with van der Waals surface area (Å²) in [5.41, 5.74) is 9.83. The van der Waals surface area contributed by atoms with Gasteiger partial charge >= 0.3 is 0 Å². The molecule has 1 aliphatic heterocycles. The summed E-state index contributed by atoms with van der Waals surface area (Å²) in [4.78, 5) is 22.0. The van der Waals surface area contributed by atoms with Gasteiger partial charge in [0.05, 0.1) is 5.92 Å². The van der Waals surface area contributed by atoms with E-state index < -0.39 is 11.5 Å². The molecule has 2 atom stereocenters. The van der Waals surface area contributed by atoms with Crippen molar-refractivity contribution in [1.82, 2.24) is 4.90 Å². The monoisotopic (exact) mass is 460 g/mol. The van der Waals surface area contributed by atoms with Crippen molar-refractivity contribution in [3.63, 3.8) is 0 Å². The van der Waals surface area contributed by atoms with Crippen LogP contribution in [0.4, 0.5) is 5.69 Å². The molecule has 2 aromatic carbocycles. The van der Waals surface area contributed by atoms with Gasteiger partial charge in [-0.15, -0.1) is 11.3 Å². The van der Waals surface area contributed by atoms with E-state index in [0.717, 1.165) is 26.6 Å². The van der Waals surface area contributed by atoms with E-state index in [1.807, 2.05) is 26.1 Å². The van der Waals surface area contributed by atoms with Crippen molar-refractivity contribution in [3.8, 4) is 10.4 Å². The van der Waals surface area contributed by atoms with Gasteiger partial charge in [0.2, 0.25) is 5.91 Å². The fraction of sp³-hybridized carbons (Fsp3) is 0.333. The molecule has 1 amide bonds. The summed E-state index contributed by atoms with van der Waals surface area (Å²) in [5.74, 6) is -0.253. The summed E-state index contributed by atoms with van der Waals surface area (Å²) in [7, 11) is 3.61. The number of likely N-dealkylation sites (N-methyl/N-ethyl adjacent to an activating group) is 1. The fourth-order valence-corrected chi connectivity index (χ4v) is 5.48. The van der Waals surface area contributed by atoms with E-state index in [1.54, 1.807) is 18.4 Å². The predicted molar refractivity (Wildman–Crippen MR) is 139 cm³/mol. The Kier molecular flexibility index (Phi) is 5.83. The Morgan fingerprint density at radius 1 is 1.09 bits per heavy atom. The third-order valence-corrected chi connectivity index (χ3v) is 7.84. The smallest absolute Gasteiger partial charge is 0.239 e. The number of hydrogen-bond acceptors (Lipinski definition) is 5. The second-order valence-electron chi connectivity index (χ2n) is 9.81. The standard InChI is InChI=1S/C27H32N4OS/c1-26(2,3)19-12-10-17(11-13-19)23-24(32)31(6)25(28)30-27(23,4)22-15-14-21(33-22)18-8-7-9-20(16-18)29-5/h7-16,23,29H,1-6H3,(H2,28,30)/t23-,27+/m0/s1.